The number of rotatable bonds is 3. The van der Waals surface area contributed by atoms with E-state index in [2.05, 4.69) is 10.3 Å². The largest absolute Gasteiger partial charge is 0.310 e. The van der Waals surface area contributed by atoms with Crippen molar-refractivity contribution < 1.29 is 13.6 Å². The van der Waals surface area contributed by atoms with Gasteiger partial charge in [-0.3, -0.25) is 4.79 Å². The third-order valence-corrected chi connectivity index (χ3v) is 3.64. The first-order chi connectivity index (χ1) is 10.6. The summed E-state index contributed by atoms with van der Waals surface area (Å²) in [5.41, 5.74) is 1.02. The van der Waals surface area contributed by atoms with Gasteiger partial charge in [0, 0.05) is 12.1 Å². The van der Waals surface area contributed by atoms with Crippen LogP contribution in [0.2, 0.25) is 0 Å². The maximum absolute atomic E-state index is 13.2. The van der Waals surface area contributed by atoms with Gasteiger partial charge in [0.2, 0.25) is 5.91 Å². The minimum atomic E-state index is -0.905. The maximum atomic E-state index is 13.2. The highest BCUT2D eigenvalue weighted by molar-refractivity contribution is 5.94. The van der Waals surface area contributed by atoms with Crippen LogP contribution in [-0.4, -0.2) is 10.9 Å². The number of hydrogen-bond acceptors (Lipinski definition) is 3. The van der Waals surface area contributed by atoms with Gasteiger partial charge in [-0.05, 0) is 42.2 Å². The van der Waals surface area contributed by atoms with E-state index in [9.17, 15) is 13.6 Å². The number of nitriles is 1. The first-order valence-corrected chi connectivity index (χ1v) is 6.70. The summed E-state index contributed by atoms with van der Waals surface area (Å²) >= 11 is 0. The first-order valence-electron chi connectivity index (χ1n) is 6.70. The topological polar surface area (TPSA) is 65.8 Å². The predicted octanol–water partition coefficient (Wildman–Crippen LogP) is 2.97. The number of benzene rings is 1. The third-order valence-electron chi connectivity index (χ3n) is 3.64. The number of carbonyl (C=O) groups is 1. The number of amides is 1. The van der Waals surface area contributed by atoms with Crippen LogP contribution in [0.4, 0.5) is 14.6 Å². The molecule has 1 fully saturated rings. The highest BCUT2D eigenvalue weighted by Crippen LogP contribution is 2.48. The van der Waals surface area contributed by atoms with E-state index in [1.165, 1.54) is 12.3 Å². The molecule has 1 aliphatic carbocycles. The number of nitrogens with zero attached hydrogens (tertiary/aromatic N) is 2. The highest BCUT2D eigenvalue weighted by Gasteiger charge is 2.44. The molecule has 1 aromatic carbocycles. The van der Waals surface area contributed by atoms with Crippen LogP contribution in [0.1, 0.15) is 23.5 Å². The van der Waals surface area contributed by atoms with Crippen LogP contribution in [0.25, 0.3) is 0 Å². The van der Waals surface area contributed by atoms with Crippen molar-refractivity contribution in [3.05, 3.63) is 59.3 Å². The summed E-state index contributed by atoms with van der Waals surface area (Å²) in [6.07, 6.45) is 1.96. The Morgan fingerprint density at radius 1 is 1.27 bits per heavy atom. The molecule has 0 spiro atoms. The Labute approximate surface area is 125 Å². The van der Waals surface area contributed by atoms with Crippen molar-refractivity contribution >= 4 is 11.7 Å². The molecular formula is C16H11F2N3O. The normalized spacial score (nSPS) is 19.3. The van der Waals surface area contributed by atoms with Gasteiger partial charge in [0.25, 0.3) is 0 Å². The molecule has 2 atom stereocenters. The Hall–Kier alpha value is -2.81. The van der Waals surface area contributed by atoms with Gasteiger partial charge in [0.1, 0.15) is 11.9 Å². The number of nitrogens with one attached hydrogen (secondary N) is 1. The molecule has 1 amide bonds. The third kappa shape index (κ3) is 2.79. The van der Waals surface area contributed by atoms with E-state index in [0.29, 0.717) is 23.4 Å². The quantitative estimate of drug-likeness (QED) is 0.947. The summed E-state index contributed by atoms with van der Waals surface area (Å²) in [5, 5.41) is 11.3. The summed E-state index contributed by atoms with van der Waals surface area (Å²) in [6.45, 7) is 0. The minimum Gasteiger partial charge on any atom is -0.310 e. The molecular weight excluding hydrogens is 288 g/mol. The van der Waals surface area contributed by atoms with Crippen LogP contribution < -0.4 is 5.32 Å². The molecule has 1 N–H and O–H groups in total. The molecule has 1 heterocycles. The number of hydrogen-bond donors (Lipinski definition) is 1. The molecule has 0 saturated heterocycles. The summed E-state index contributed by atoms with van der Waals surface area (Å²) in [4.78, 5) is 16.0. The van der Waals surface area contributed by atoms with E-state index in [1.807, 2.05) is 6.07 Å². The van der Waals surface area contributed by atoms with Crippen molar-refractivity contribution in [2.24, 2.45) is 5.92 Å². The Morgan fingerprint density at radius 2 is 2.09 bits per heavy atom. The van der Waals surface area contributed by atoms with Gasteiger partial charge in [-0.25, -0.2) is 13.8 Å². The lowest BCUT2D eigenvalue weighted by molar-refractivity contribution is -0.117. The summed E-state index contributed by atoms with van der Waals surface area (Å²) < 4.78 is 26.1. The van der Waals surface area contributed by atoms with Gasteiger partial charge in [-0.15, -0.1) is 0 Å². The summed E-state index contributed by atoms with van der Waals surface area (Å²) in [7, 11) is 0. The van der Waals surface area contributed by atoms with Gasteiger partial charge in [0.05, 0.1) is 5.56 Å². The fraction of sp³-hybridized carbons (Fsp3) is 0.188. The lowest BCUT2D eigenvalue weighted by Crippen LogP contribution is -2.15. The molecule has 0 unspecified atom stereocenters. The van der Waals surface area contributed by atoms with Crippen LogP contribution in [0.15, 0.2) is 36.5 Å². The number of anilines is 1. The van der Waals surface area contributed by atoms with Crippen molar-refractivity contribution in [1.29, 1.82) is 5.26 Å². The molecule has 0 radical (unpaired) electrons. The van der Waals surface area contributed by atoms with E-state index in [4.69, 9.17) is 5.26 Å². The van der Waals surface area contributed by atoms with Gasteiger partial charge in [0.15, 0.2) is 11.6 Å². The Bertz CT molecular complexity index is 768. The van der Waals surface area contributed by atoms with E-state index in [1.54, 1.807) is 12.1 Å². The first kappa shape index (κ1) is 14.1. The number of halogens is 2. The van der Waals surface area contributed by atoms with Crippen molar-refractivity contribution in [2.45, 2.75) is 12.3 Å². The zero-order valence-corrected chi connectivity index (χ0v) is 11.4. The lowest BCUT2D eigenvalue weighted by Gasteiger charge is -2.04. The van der Waals surface area contributed by atoms with E-state index in [-0.39, 0.29) is 17.7 Å². The van der Waals surface area contributed by atoms with Gasteiger partial charge in [-0.1, -0.05) is 6.07 Å². The van der Waals surface area contributed by atoms with Crippen LogP contribution in [0.5, 0.6) is 0 Å². The molecule has 22 heavy (non-hydrogen) atoms. The van der Waals surface area contributed by atoms with Crippen molar-refractivity contribution in [3.63, 3.8) is 0 Å². The lowest BCUT2D eigenvalue weighted by atomic mass is 10.1. The van der Waals surface area contributed by atoms with Crippen LogP contribution in [0, 0.1) is 28.9 Å². The summed E-state index contributed by atoms with van der Waals surface area (Å²) in [6, 6.07) is 8.74. The van der Waals surface area contributed by atoms with Gasteiger partial charge < -0.3 is 5.32 Å². The smallest absolute Gasteiger partial charge is 0.229 e. The van der Waals surface area contributed by atoms with Crippen molar-refractivity contribution in [1.82, 2.24) is 4.98 Å². The van der Waals surface area contributed by atoms with Gasteiger partial charge in [-0.2, -0.15) is 5.26 Å². The SMILES string of the molecule is N#Cc1ccc(NC(=O)[C@@H]2C[C@H]2c2ccc(F)c(F)c2)nc1. The highest BCUT2D eigenvalue weighted by atomic mass is 19.2. The molecule has 1 aromatic heterocycles. The van der Waals surface area contributed by atoms with E-state index in [0.717, 1.165) is 12.1 Å². The average molecular weight is 299 g/mol. The second-order valence-corrected chi connectivity index (χ2v) is 5.16. The molecule has 1 saturated carbocycles. The zero-order chi connectivity index (χ0) is 15.7. The second-order valence-electron chi connectivity index (χ2n) is 5.16. The molecule has 1 aliphatic rings. The molecule has 2 aromatic rings. The molecule has 110 valence electrons. The van der Waals surface area contributed by atoms with Crippen molar-refractivity contribution in [3.8, 4) is 6.07 Å². The fourth-order valence-corrected chi connectivity index (χ4v) is 2.35. The van der Waals surface area contributed by atoms with Crippen LogP contribution in [0.3, 0.4) is 0 Å². The molecule has 0 bridgehead atoms. The van der Waals surface area contributed by atoms with Gasteiger partial charge >= 0.3 is 0 Å². The maximum Gasteiger partial charge on any atom is 0.229 e. The number of carbonyl (C=O) groups excluding carboxylic acids is 1. The van der Waals surface area contributed by atoms with Crippen LogP contribution in [-0.2, 0) is 4.79 Å². The predicted molar refractivity (Wildman–Crippen MR) is 74.8 cm³/mol. The van der Waals surface area contributed by atoms with E-state index < -0.39 is 11.6 Å². The van der Waals surface area contributed by atoms with E-state index >= 15 is 0 Å². The Kier molecular flexibility index (Phi) is 3.55. The molecule has 4 nitrogen and oxygen atoms in total. The molecule has 6 heteroatoms. The summed E-state index contributed by atoms with van der Waals surface area (Å²) in [5.74, 6) is -2.04. The monoisotopic (exact) mass is 299 g/mol. The fourth-order valence-electron chi connectivity index (χ4n) is 2.35. The second kappa shape index (κ2) is 5.53. The number of pyridine rings is 1. The average Bonchev–Trinajstić information content (AvgIpc) is 3.31. The Balaban J connectivity index is 1.64. The Morgan fingerprint density at radius 3 is 2.73 bits per heavy atom. The molecule has 3 rings (SSSR count). The van der Waals surface area contributed by atoms with Crippen LogP contribution >= 0.6 is 0 Å². The number of aromatic nitrogens is 1. The zero-order valence-electron chi connectivity index (χ0n) is 11.4. The van der Waals surface area contributed by atoms with Crippen molar-refractivity contribution in [2.75, 3.05) is 5.32 Å². The standard InChI is InChI=1S/C16H11F2N3O/c17-13-3-2-10(5-14(13)18)11-6-12(11)16(22)21-15-4-1-9(7-19)8-20-15/h1-5,8,11-12H,6H2,(H,20,21,22)/t11-,12+/m0/s1. The molecule has 0 aliphatic heterocycles. The minimum absolute atomic E-state index is 0.103.